The van der Waals surface area contributed by atoms with Crippen molar-refractivity contribution < 1.29 is 0 Å². The molecule has 1 aromatic heterocycles. The molecule has 3 rings (SSSR count). The molecule has 3 aromatic rings. The van der Waals surface area contributed by atoms with E-state index in [0.717, 1.165) is 31.3 Å². The number of nitrogens with one attached hydrogen (secondary N) is 2. The molecule has 0 atom stereocenters. The van der Waals surface area contributed by atoms with Crippen molar-refractivity contribution in [2.75, 3.05) is 25.6 Å². The molecule has 29 heavy (non-hydrogen) atoms. The number of imidazole rings is 1. The Balaban J connectivity index is 0.00000300. The number of aromatic nitrogens is 2. The lowest BCUT2D eigenvalue weighted by Gasteiger charge is -2.14. The van der Waals surface area contributed by atoms with Crippen molar-refractivity contribution in [1.82, 2.24) is 20.2 Å². The number of thioether (sulfide) groups is 1. The summed E-state index contributed by atoms with van der Waals surface area (Å²) < 4.78 is 2.07. The van der Waals surface area contributed by atoms with Crippen molar-refractivity contribution in [3.8, 4) is 11.1 Å². The molecule has 0 aliphatic rings. The van der Waals surface area contributed by atoms with Crippen LogP contribution in [0.2, 0.25) is 0 Å². The zero-order chi connectivity index (χ0) is 19.6. The monoisotopic (exact) mass is 521 g/mol. The van der Waals surface area contributed by atoms with E-state index in [0.29, 0.717) is 0 Å². The summed E-state index contributed by atoms with van der Waals surface area (Å²) in [4.78, 5) is 8.40. The highest BCUT2D eigenvalue weighted by molar-refractivity contribution is 14.0. The fourth-order valence-corrected chi connectivity index (χ4v) is 3.31. The van der Waals surface area contributed by atoms with Crippen molar-refractivity contribution in [1.29, 1.82) is 0 Å². The third-order valence-electron chi connectivity index (χ3n) is 4.48. The minimum absolute atomic E-state index is 0. The molecule has 0 saturated heterocycles. The lowest BCUT2D eigenvalue weighted by Crippen LogP contribution is -2.38. The standard InChI is InChI=1S/C22H27N5S.HI/c1-23-22(25-12-14-28-2)26-15-20-5-3-4-6-21(20)19-9-7-18(8-10-19)16-27-13-11-24-17-27;/h3-11,13,17H,12,14-16H2,1-2H3,(H2,23,25,26);1H. The highest BCUT2D eigenvalue weighted by atomic mass is 127. The van der Waals surface area contributed by atoms with E-state index in [1.165, 1.54) is 22.3 Å². The Morgan fingerprint density at radius 1 is 1.10 bits per heavy atom. The Hall–Kier alpha value is -2.00. The van der Waals surface area contributed by atoms with Crippen molar-refractivity contribution in [3.05, 3.63) is 78.4 Å². The van der Waals surface area contributed by atoms with Crippen LogP contribution in [0.5, 0.6) is 0 Å². The van der Waals surface area contributed by atoms with E-state index in [9.17, 15) is 0 Å². The largest absolute Gasteiger partial charge is 0.356 e. The van der Waals surface area contributed by atoms with Gasteiger partial charge in [-0.1, -0.05) is 48.5 Å². The Morgan fingerprint density at radius 2 is 1.90 bits per heavy atom. The van der Waals surface area contributed by atoms with Gasteiger partial charge < -0.3 is 15.2 Å². The average molecular weight is 521 g/mol. The zero-order valence-electron chi connectivity index (χ0n) is 16.8. The van der Waals surface area contributed by atoms with Crippen LogP contribution in [0.1, 0.15) is 11.1 Å². The van der Waals surface area contributed by atoms with Gasteiger partial charge in [0, 0.05) is 44.8 Å². The van der Waals surface area contributed by atoms with Crippen LogP contribution in [0.4, 0.5) is 0 Å². The highest BCUT2D eigenvalue weighted by Crippen LogP contribution is 2.24. The van der Waals surface area contributed by atoms with Crippen LogP contribution in [0.25, 0.3) is 11.1 Å². The summed E-state index contributed by atoms with van der Waals surface area (Å²) in [6.45, 7) is 2.47. The molecule has 0 saturated carbocycles. The number of hydrogen-bond acceptors (Lipinski definition) is 3. The summed E-state index contributed by atoms with van der Waals surface area (Å²) in [5, 5.41) is 6.75. The van der Waals surface area contributed by atoms with Gasteiger partial charge in [0.1, 0.15) is 0 Å². The van der Waals surface area contributed by atoms with Gasteiger partial charge in [-0.05, 0) is 28.5 Å². The molecule has 154 valence electrons. The first-order chi connectivity index (χ1) is 13.8. The molecule has 0 bridgehead atoms. The van der Waals surface area contributed by atoms with Gasteiger partial charge in [-0.25, -0.2) is 4.98 Å². The zero-order valence-corrected chi connectivity index (χ0v) is 20.0. The van der Waals surface area contributed by atoms with Gasteiger partial charge in [-0.3, -0.25) is 4.99 Å². The lowest BCUT2D eigenvalue weighted by atomic mass is 9.98. The van der Waals surface area contributed by atoms with Crippen LogP contribution in [-0.2, 0) is 13.1 Å². The van der Waals surface area contributed by atoms with Crippen molar-refractivity contribution in [3.63, 3.8) is 0 Å². The predicted molar refractivity (Wildman–Crippen MR) is 135 cm³/mol. The predicted octanol–water partition coefficient (Wildman–Crippen LogP) is 4.24. The topological polar surface area (TPSA) is 54.2 Å². The second-order valence-corrected chi connectivity index (χ2v) is 7.42. The maximum absolute atomic E-state index is 4.30. The minimum atomic E-state index is 0. The number of nitrogens with zero attached hydrogens (tertiary/aromatic N) is 3. The summed E-state index contributed by atoms with van der Waals surface area (Å²) in [6, 6.07) is 17.3. The Bertz CT molecular complexity index is 878. The van der Waals surface area contributed by atoms with Crippen molar-refractivity contribution in [2.24, 2.45) is 4.99 Å². The number of benzene rings is 2. The first kappa shape index (κ1) is 23.3. The van der Waals surface area contributed by atoms with E-state index in [4.69, 9.17) is 0 Å². The molecule has 2 aromatic carbocycles. The minimum Gasteiger partial charge on any atom is -0.356 e. The molecule has 7 heteroatoms. The van der Waals surface area contributed by atoms with E-state index in [1.807, 2.05) is 24.3 Å². The molecule has 0 unspecified atom stereocenters. The smallest absolute Gasteiger partial charge is 0.191 e. The molecular formula is C22H28IN5S. The average Bonchev–Trinajstić information content (AvgIpc) is 3.24. The Kier molecular flexibility index (Phi) is 10.1. The van der Waals surface area contributed by atoms with Crippen LogP contribution in [-0.4, -0.2) is 41.1 Å². The number of rotatable bonds is 8. The highest BCUT2D eigenvalue weighted by Gasteiger charge is 2.06. The van der Waals surface area contributed by atoms with Crippen LogP contribution in [0, 0.1) is 0 Å². The van der Waals surface area contributed by atoms with E-state index < -0.39 is 0 Å². The maximum Gasteiger partial charge on any atom is 0.191 e. The molecule has 1 heterocycles. The summed E-state index contributed by atoms with van der Waals surface area (Å²) in [5.74, 6) is 1.89. The third-order valence-corrected chi connectivity index (χ3v) is 5.09. The molecule has 0 amide bonds. The normalized spacial score (nSPS) is 11.0. The SMILES string of the molecule is CN=C(NCCSC)NCc1ccccc1-c1ccc(Cn2ccnc2)cc1.I. The first-order valence-electron chi connectivity index (χ1n) is 9.36. The second kappa shape index (κ2) is 12.5. The van der Waals surface area contributed by atoms with Gasteiger partial charge in [0.25, 0.3) is 0 Å². The first-order valence-corrected chi connectivity index (χ1v) is 10.8. The molecule has 2 N–H and O–H groups in total. The van der Waals surface area contributed by atoms with Crippen molar-refractivity contribution >= 4 is 41.7 Å². The number of guanidine groups is 1. The van der Waals surface area contributed by atoms with E-state index in [-0.39, 0.29) is 24.0 Å². The van der Waals surface area contributed by atoms with Crippen LogP contribution in [0.15, 0.2) is 72.2 Å². The molecule has 0 spiro atoms. The van der Waals surface area contributed by atoms with Crippen LogP contribution >= 0.6 is 35.7 Å². The fourth-order valence-electron chi connectivity index (χ4n) is 3.01. The maximum atomic E-state index is 4.30. The fraction of sp³-hybridized carbons (Fsp3) is 0.273. The third kappa shape index (κ3) is 7.08. The summed E-state index contributed by atoms with van der Waals surface area (Å²) in [6.07, 6.45) is 7.74. The van der Waals surface area contributed by atoms with E-state index in [1.54, 1.807) is 13.2 Å². The molecule has 0 radical (unpaired) electrons. The molecular weight excluding hydrogens is 493 g/mol. The van der Waals surface area contributed by atoms with Gasteiger partial charge >= 0.3 is 0 Å². The Morgan fingerprint density at radius 3 is 2.59 bits per heavy atom. The lowest BCUT2D eigenvalue weighted by molar-refractivity contribution is 0.797. The van der Waals surface area contributed by atoms with Crippen LogP contribution in [0.3, 0.4) is 0 Å². The van der Waals surface area contributed by atoms with Gasteiger partial charge in [-0.15, -0.1) is 24.0 Å². The van der Waals surface area contributed by atoms with Gasteiger partial charge in [-0.2, -0.15) is 11.8 Å². The second-order valence-electron chi connectivity index (χ2n) is 6.43. The van der Waals surface area contributed by atoms with Gasteiger partial charge in [0.15, 0.2) is 5.96 Å². The molecule has 5 nitrogen and oxygen atoms in total. The summed E-state index contributed by atoms with van der Waals surface area (Å²) >= 11 is 1.82. The van der Waals surface area contributed by atoms with Crippen LogP contribution < -0.4 is 10.6 Å². The van der Waals surface area contributed by atoms with Crippen molar-refractivity contribution in [2.45, 2.75) is 13.1 Å². The summed E-state index contributed by atoms with van der Waals surface area (Å²) in [7, 11) is 1.80. The van der Waals surface area contributed by atoms with E-state index >= 15 is 0 Å². The summed E-state index contributed by atoms with van der Waals surface area (Å²) in [5.41, 5.74) is 4.97. The number of aliphatic imine (C=N–C) groups is 1. The van der Waals surface area contributed by atoms with Gasteiger partial charge in [0.05, 0.1) is 6.33 Å². The van der Waals surface area contributed by atoms with Gasteiger partial charge in [0.2, 0.25) is 0 Å². The quantitative estimate of drug-likeness (QED) is 0.202. The Labute approximate surface area is 194 Å². The van der Waals surface area contributed by atoms with E-state index in [2.05, 4.69) is 80.0 Å². The number of hydrogen-bond donors (Lipinski definition) is 2. The molecule has 0 fully saturated rings. The number of halogens is 1. The molecule has 0 aliphatic heterocycles. The molecule has 0 aliphatic carbocycles.